The Balaban J connectivity index is 1.60. The molecule has 0 saturated carbocycles. The van der Waals surface area contributed by atoms with Gasteiger partial charge in [-0.2, -0.15) is 0 Å². The summed E-state index contributed by atoms with van der Waals surface area (Å²) in [7, 11) is 1.60. The van der Waals surface area contributed by atoms with Crippen LogP contribution in [0.15, 0.2) is 113 Å². The van der Waals surface area contributed by atoms with Crippen molar-refractivity contribution in [2.24, 2.45) is 4.99 Å². The number of ether oxygens (including phenoxy) is 2. The Bertz CT molecular complexity index is 2240. The fraction of sp³-hybridized carbons (Fsp3) is 0.114. The first-order valence-electron chi connectivity index (χ1n) is 14.0. The number of nitrogens with zero attached hydrogens (tertiary/aromatic N) is 2. The van der Waals surface area contributed by atoms with Gasteiger partial charge in [0.25, 0.3) is 5.56 Å². The number of para-hydroxylation sites is 1. The zero-order chi connectivity index (χ0) is 29.5. The average molecular weight is 586 g/mol. The molecule has 6 aromatic rings. The number of carbonyl (C=O) groups excluding carboxylic acids is 1. The van der Waals surface area contributed by atoms with Crippen LogP contribution in [0.4, 0.5) is 0 Å². The zero-order valence-electron chi connectivity index (χ0n) is 23.5. The molecule has 0 unspecified atom stereocenters. The number of esters is 1. The number of benzene rings is 4. The van der Waals surface area contributed by atoms with Gasteiger partial charge in [-0.05, 0) is 35.9 Å². The zero-order valence-corrected chi connectivity index (χ0v) is 24.4. The van der Waals surface area contributed by atoms with Gasteiger partial charge >= 0.3 is 5.97 Å². The van der Waals surface area contributed by atoms with Crippen molar-refractivity contribution in [3.63, 3.8) is 0 Å². The quantitative estimate of drug-likeness (QED) is 0.259. The monoisotopic (exact) mass is 585 g/mol. The molecule has 7 rings (SSSR count). The van der Waals surface area contributed by atoms with E-state index in [1.165, 1.54) is 11.3 Å². The van der Waals surface area contributed by atoms with E-state index in [-0.39, 0.29) is 17.7 Å². The van der Waals surface area contributed by atoms with Crippen LogP contribution in [0.2, 0.25) is 0 Å². The lowest BCUT2D eigenvalue weighted by Gasteiger charge is -2.28. The summed E-state index contributed by atoms with van der Waals surface area (Å²) in [4.78, 5) is 37.1. The molecule has 43 heavy (non-hydrogen) atoms. The van der Waals surface area contributed by atoms with Gasteiger partial charge in [0.15, 0.2) is 4.80 Å². The number of thiazole rings is 1. The highest BCUT2D eigenvalue weighted by Gasteiger charge is 2.37. The van der Waals surface area contributed by atoms with Crippen molar-refractivity contribution >= 4 is 50.8 Å². The van der Waals surface area contributed by atoms with Crippen molar-refractivity contribution in [1.29, 1.82) is 0 Å². The molecule has 7 nitrogen and oxygen atoms in total. The summed E-state index contributed by atoms with van der Waals surface area (Å²) in [5.41, 5.74) is 3.84. The number of aromatic nitrogens is 2. The number of rotatable bonds is 6. The number of methoxy groups -OCH3 is 1. The van der Waals surface area contributed by atoms with E-state index in [0.717, 1.165) is 32.8 Å². The molecular formula is C35H27N3O4S. The molecule has 4 aromatic carbocycles. The minimum Gasteiger partial charge on any atom is -0.496 e. The largest absolute Gasteiger partial charge is 0.496 e. The molecule has 0 fully saturated rings. The van der Waals surface area contributed by atoms with Crippen LogP contribution in [-0.4, -0.2) is 29.2 Å². The summed E-state index contributed by atoms with van der Waals surface area (Å²) in [5.74, 6) is 0.0296. The van der Waals surface area contributed by atoms with Gasteiger partial charge in [-0.3, -0.25) is 9.36 Å². The molecule has 0 amide bonds. The van der Waals surface area contributed by atoms with Crippen LogP contribution in [0, 0.1) is 0 Å². The van der Waals surface area contributed by atoms with E-state index in [4.69, 9.17) is 14.5 Å². The maximum absolute atomic E-state index is 14.4. The number of nitrogens with one attached hydrogen (secondary N) is 1. The first kappa shape index (κ1) is 26.7. The lowest BCUT2D eigenvalue weighted by molar-refractivity contribution is -0.138. The van der Waals surface area contributed by atoms with E-state index in [1.807, 2.05) is 103 Å². The highest BCUT2D eigenvalue weighted by molar-refractivity contribution is 7.07. The SMILES string of the molecule is CCOC(=O)C1=C(c2ccccc2)N=c2s/c(=C/c3c[nH]c4ccccc34)c(=O)n2[C@@H]1c1c(OC)ccc2ccccc12. The van der Waals surface area contributed by atoms with Gasteiger partial charge in [-0.25, -0.2) is 9.79 Å². The van der Waals surface area contributed by atoms with Crippen LogP contribution in [0.3, 0.4) is 0 Å². The highest BCUT2D eigenvalue weighted by Crippen LogP contribution is 2.42. The Hall–Kier alpha value is -5.21. The standard InChI is InChI=1S/C35H27N3O4S/c1-3-42-34(40)30-31(22-12-5-4-6-13-22)37-35-38(32(30)29-25-15-8-7-11-21(25)17-18-27(29)41-2)33(39)28(43-35)19-23-20-36-26-16-10-9-14-24(23)26/h4-20,32,36H,3H2,1-2H3/b28-19+/t32-/m1/s1. The van der Waals surface area contributed by atoms with Crippen molar-refractivity contribution in [3.8, 4) is 5.75 Å². The van der Waals surface area contributed by atoms with Gasteiger partial charge < -0.3 is 14.5 Å². The maximum Gasteiger partial charge on any atom is 0.338 e. The Morgan fingerprint density at radius 1 is 0.977 bits per heavy atom. The number of H-pyrrole nitrogens is 1. The second kappa shape index (κ2) is 10.9. The fourth-order valence-electron chi connectivity index (χ4n) is 5.80. The maximum atomic E-state index is 14.4. The molecule has 0 radical (unpaired) electrons. The van der Waals surface area contributed by atoms with Crippen molar-refractivity contribution in [2.75, 3.05) is 13.7 Å². The van der Waals surface area contributed by atoms with Crippen molar-refractivity contribution in [3.05, 3.63) is 139 Å². The topological polar surface area (TPSA) is 85.7 Å². The summed E-state index contributed by atoms with van der Waals surface area (Å²) in [6.07, 6.45) is 3.78. The Morgan fingerprint density at radius 3 is 2.51 bits per heavy atom. The molecule has 212 valence electrons. The molecule has 0 saturated heterocycles. The first-order chi connectivity index (χ1) is 21.1. The molecule has 1 N–H and O–H groups in total. The second-order valence-electron chi connectivity index (χ2n) is 10.1. The third-order valence-electron chi connectivity index (χ3n) is 7.71. The van der Waals surface area contributed by atoms with Crippen LogP contribution < -0.4 is 19.6 Å². The van der Waals surface area contributed by atoms with Crippen molar-refractivity contribution < 1.29 is 14.3 Å². The van der Waals surface area contributed by atoms with Crippen molar-refractivity contribution in [2.45, 2.75) is 13.0 Å². The summed E-state index contributed by atoms with van der Waals surface area (Å²) in [5, 5.41) is 2.84. The number of hydrogen-bond donors (Lipinski definition) is 1. The molecular weight excluding hydrogens is 558 g/mol. The van der Waals surface area contributed by atoms with Crippen LogP contribution in [0.25, 0.3) is 33.4 Å². The normalized spacial score (nSPS) is 15.0. The third-order valence-corrected chi connectivity index (χ3v) is 8.69. The number of carbonyl (C=O) groups is 1. The lowest BCUT2D eigenvalue weighted by Crippen LogP contribution is -2.40. The molecule has 3 heterocycles. The summed E-state index contributed by atoms with van der Waals surface area (Å²) >= 11 is 1.30. The molecule has 1 aliphatic rings. The molecule has 0 bridgehead atoms. The first-order valence-corrected chi connectivity index (χ1v) is 14.8. The average Bonchev–Trinajstić information content (AvgIpc) is 3.60. The molecule has 0 aliphatic carbocycles. The molecule has 1 atom stereocenters. The summed E-state index contributed by atoms with van der Waals surface area (Å²) in [6.45, 7) is 1.94. The molecule has 2 aromatic heterocycles. The Kier molecular flexibility index (Phi) is 6.75. The predicted molar refractivity (Wildman–Crippen MR) is 170 cm³/mol. The number of aromatic amines is 1. The van der Waals surface area contributed by atoms with E-state index in [0.29, 0.717) is 26.3 Å². The molecule has 1 aliphatic heterocycles. The van der Waals surface area contributed by atoms with Gasteiger partial charge in [-0.15, -0.1) is 0 Å². The van der Waals surface area contributed by atoms with Crippen LogP contribution in [0.5, 0.6) is 5.75 Å². The summed E-state index contributed by atoms with van der Waals surface area (Å²) in [6, 6.07) is 28.4. The van der Waals surface area contributed by atoms with Crippen LogP contribution in [-0.2, 0) is 9.53 Å². The Labute approximate surface area is 250 Å². The van der Waals surface area contributed by atoms with Gasteiger partial charge in [0, 0.05) is 33.8 Å². The number of hydrogen-bond acceptors (Lipinski definition) is 6. The minimum absolute atomic E-state index is 0.175. The predicted octanol–water partition coefficient (Wildman–Crippen LogP) is 5.58. The minimum atomic E-state index is -0.850. The van der Waals surface area contributed by atoms with Gasteiger partial charge in [0.05, 0.1) is 29.5 Å². The fourth-order valence-corrected chi connectivity index (χ4v) is 6.80. The highest BCUT2D eigenvalue weighted by atomic mass is 32.1. The van der Waals surface area contributed by atoms with Gasteiger partial charge in [0.2, 0.25) is 0 Å². The van der Waals surface area contributed by atoms with E-state index in [9.17, 15) is 9.59 Å². The van der Waals surface area contributed by atoms with Gasteiger partial charge in [0.1, 0.15) is 11.8 Å². The Morgan fingerprint density at radius 2 is 1.72 bits per heavy atom. The molecule has 0 spiro atoms. The van der Waals surface area contributed by atoms with E-state index >= 15 is 0 Å². The second-order valence-corrected chi connectivity index (χ2v) is 11.1. The van der Waals surface area contributed by atoms with Crippen LogP contribution in [0.1, 0.15) is 29.7 Å². The van der Waals surface area contributed by atoms with Crippen LogP contribution >= 0.6 is 11.3 Å². The van der Waals surface area contributed by atoms with E-state index < -0.39 is 12.0 Å². The van der Waals surface area contributed by atoms with Crippen molar-refractivity contribution in [1.82, 2.24) is 9.55 Å². The van der Waals surface area contributed by atoms with Gasteiger partial charge in [-0.1, -0.05) is 90.2 Å². The number of fused-ring (bicyclic) bond motifs is 3. The van der Waals surface area contributed by atoms with E-state index in [1.54, 1.807) is 18.6 Å². The lowest BCUT2D eigenvalue weighted by atomic mass is 9.89. The smallest absolute Gasteiger partial charge is 0.338 e. The summed E-state index contributed by atoms with van der Waals surface area (Å²) < 4.78 is 13.7. The molecule has 8 heteroatoms. The van der Waals surface area contributed by atoms with E-state index in [2.05, 4.69) is 4.98 Å². The third kappa shape index (κ3) is 4.47.